The molecule has 0 spiro atoms. The Labute approximate surface area is 169 Å². The third kappa shape index (κ3) is 3.77. The second-order valence-electron chi connectivity index (χ2n) is 6.64. The molecule has 0 aliphatic heterocycles. The molecule has 146 valence electrons. The van der Waals surface area contributed by atoms with Gasteiger partial charge in [0.1, 0.15) is 22.2 Å². The second kappa shape index (κ2) is 7.89. The molecule has 29 heavy (non-hydrogen) atoms. The van der Waals surface area contributed by atoms with Crippen molar-refractivity contribution >= 4 is 39.2 Å². The van der Waals surface area contributed by atoms with Gasteiger partial charge in [0.25, 0.3) is 5.91 Å². The number of anilines is 1. The van der Waals surface area contributed by atoms with E-state index in [2.05, 4.69) is 11.4 Å². The molecule has 3 aromatic rings. The highest BCUT2D eigenvalue weighted by Crippen LogP contribution is 2.37. The number of carbonyl (C=O) groups is 2. The van der Waals surface area contributed by atoms with Gasteiger partial charge < -0.3 is 14.5 Å². The first-order chi connectivity index (χ1) is 14.1. The van der Waals surface area contributed by atoms with Gasteiger partial charge in [-0.2, -0.15) is 5.26 Å². The number of amides is 1. The Morgan fingerprint density at radius 2 is 2.03 bits per heavy atom. The minimum atomic E-state index is -0.939. The molecule has 2 heterocycles. The van der Waals surface area contributed by atoms with Crippen LogP contribution in [0.4, 0.5) is 5.00 Å². The van der Waals surface area contributed by atoms with Gasteiger partial charge in [-0.15, -0.1) is 11.3 Å². The summed E-state index contributed by atoms with van der Waals surface area (Å²) in [5.41, 5.74) is 0.745. The maximum atomic E-state index is 12.2. The monoisotopic (exact) mass is 408 g/mol. The molecule has 1 aliphatic carbocycles. The number of para-hydroxylation sites is 1. The van der Waals surface area contributed by atoms with Crippen LogP contribution in [-0.4, -0.2) is 18.5 Å². The fraction of sp³-hybridized carbons (Fsp3) is 0.238. The number of carbonyl (C=O) groups excluding carboxylic acids is 2. The van der Waals surface area contributed by atoms with Gasteiger partial charge in [-0.05, 0) is 43.4 Å². The first kappa shape index (κ1) is 18.9. The van der Waals surface area contributed by atoms with E-state index < -0.39 is 24.1 Å². The van der Waals surface area contributed by atoms with E-state index in [-0.39, 0.29) is 5.56 Å². The van der Waals surface area contributed by atoms with E-state index in [4.69, 9.17) is 9.15 Å². The number of ether oxygens (including phenoxy) is 1. The van der Waals surface area contributed by atoms with Crippen molar-refractivity contribution < 1.29 is 18.7 Å². The maximum Gasteiger partial charge on any atom is 0.351 e. The van der Waals surface area contributed by atoms with E-state index in [1.54, 1.807) is 24.3 Å². The van der Waals surface area contributed by atoms with Crippen molar-refractivity contribution in [2.75, 3.05) is 11.9 Å². The number of hydrogen-bond acceptors (Lipinski definition) is 7. The molecule has 0 fully saturated rings. The summed E-state index contributed by atoms with van der Waals surface area (Å²) in [5, 5.41) is 13.1. The molecule has 1 N–H and O–H groups in total. The summed E-state index contributed by atoms with van der Waals surface area (Å²) >= 11 is 1.39. The molecule has 0 unspecified atom stereocenters. The molecule has 0 saturated carbocycles. The first-order valence-corrected chi connectivity index (χ1v) is 9.93. The highest BCUT2D eigenvalue weighted by atomic mass is 32.1. The normalized spacial score (nSPS) is 12.8. The zero-order chi connectivity index (χ0) is 20.4. The van der Waals surface area contributed by atoms with Crippen LogP contribution in [0.2, 0.25) is 0 Å². The maximum absolute atomic E-state index is 12.2. The van der Waals surface area contributed by atoms with Crippen molar-refractivity contribution in [1.29, 1.82) is 5.26 Å². The van der Waals surface area contributed by atoms with Crippen LogP contribution in [0.15, 0.2) is 39.5 Å². The lowest BCUT2D eigenvalue weighted by molar-refractivity contribution is -0.119. The number of esters is 1. The largest absolute Gasteiger partial charge is 0.452 e. The fourth-order valence-electron chi connectivity index (χ4n) is 3.35. The lowest BCUT2D eigenvalue weighted by atomic mass is 9.96. The van der Waals surface area contributed by atoms with Crippen LogP contribution in [0.3, 0.4) is 0 Å². The SMILES string of the molecule is N#Cc1c(NC(=O)COC(=O)c2cc3ccccc3oc2=O)sc2c1CCCC2. The van der Waals surface area contributed by atoms with Crippen LogP contribution in [-0.2, 0) is 22.4 Å². The summed E-state index contributed by atoms with van der Waals surface area (Å²) < 4.78 is 10.1. The molecule has 8 heteroatoms. The van der Waals surface area contributed by atoms with Crippen molar-refractivity contribution in [2.24, 2.45) is 0 Å². The summed E-state index contributed by atoms with van der Waals surface area (Å²) in [7, 11) is 0. The summed E-state index contributed by atoms with van der Waals surface area (Å²) in [5.74, 6) is -1.51. The molecule has 0 radical (unpaired) electrons. The molecule has 1 aliphatic rings. The lowest BCUT2D eigenvalue weighted by Crippen LogP contribution is -2.23. The Morgan fingerprint density at radius 1 is 1.24 bits per heavy atom. The van der Waals surface area contributed by atoms with Gasteiger partial charge >= 0.3 is 11.6 Å². The van der Waals surface area contributed by atoms with Gasteiger partial charge in [0.15, 0.2) is 6.61 Å². The molecule has 4 rings (SSSR count). The number of nitriles is 1. The highest BCUT2D eigenvalue weighted by molar-refractivity contribution is 7.16. The van der Waals surface area contributed by atoms with Crippen molar-refractivity contribution in [3.05, 3.63) is 62.3 Å². The zero-order valence-corrected chi connectivity index (χ0v) is 16.1. The van der Waals surface area contributed by atoms with Crippen molar-refractivity contribution in [3.63, 3.8) is 0 Å². The topological polar surface area (TPSA) is 109 Å². The van der Waals surface area contributed by atoms with Crippen LogP contribution in [0, 0.1) is 11.3 Å². The molecule has 2 aromatic heterocycles. The Kier molecular flexibility index (Phi) is 5.14. The molecule has 1 aromatic carbocycles. The predicted octanol–water partition coefficient (Wildman–Crippen LogP) is 3.40. The Hall–Kier alpha value is -3.44. The van der Waals surface area contributed by atoms with Gasteiger partial charge in [0, 0.05) is 10.3 Å². The van der Waals surface area contributed by atoms with Crippen LogP contribution in [0.25, 0.3) is 11.0 Å². The standard InChI is InChI=1S/C21H16N2O5S/c22-10-15-13-6-2-4-8-17(13)29-19(15)23-18(24)11-27-20(25)14-9-12-5-1-3-7-16(12)28-21(14)26/h1,3,5,7,9H,2,4,6,8,11H2,(H,23,24). The number of rotatable bonds is 4. The molecule has 0 bridgehead atoms. The Balaban J connectivity index is 1.45. The van der Waals surface area contributed by atoms with E-state index >= 15 is 0 Å². The third-order valence-electron chi connectivity index (χ3n) is 4.73. The number of thiophene rings is 1. The van der Waals surface area contributed by atoms with Crippen molar-refractivity contribution in [1.82, 2.24) is 0 Å². The minimum absolute atomic E-state index is 0.277. The predicted molar refractivity (Wildman–Crippen MR) is 107 cm³/mol. The van der Waals surface area contributed by atoms with Gasteiger partial charge in [0.05, 0.1) is 5.56 Å². The summed E-state index contributed by atoms with van der Waals surface area (Å²) in [6.07, 6.45) is 3.82. The van der Waals surface area contributed by atoms with E-state index in [1.807, 2.05) is 0 Å². The van der Waals surface area contributed by atoms with Crippen LogP contribution >= 0.6 is 11.3 Å². The second-order valence-corrected chi connectivity index (χ2v) is 7.74. The highest BCUT2D eigenvalue weighted by Gasteiger charge is 2.22. The van der Waals surface area contributed by atoms with E-state index in [9.17, 15) is 19.6 Å². The van der Waals surface area contributed by atoms with E-state index in [1.165, 1.54) is 17.4 Å². The van der Waals surface area contributed by atoms with E-state index in [0.717, 1.165) is 36.1 Å². The molecular weight excluding hydrogens is 392 g/mol. The average Bonchev–Trinajstić information content (AvgIpc) is 3.08. The van der Waals surface area contributed by atoms with Gasteiger partial charge in [0.2, 0.25) is 0 Å². The quantitative estimate of drug-likeness (QED) is 0.523. The smallest absolute Gasteiger partial charge is 0.351 e. The fourth-order valence-corrected chi connectivity index (χ4v) is 4.60. The molecular formula is C21H16N2O5S. The van der Waals surface area contributed by atoms with Gasteiger partial charge in [-0.25, -0.2) is 9.59 Å². The number of benzene rings is 1. The third-order valence-corrected chi connectivity index (χ3v) is 5.94. The number of nitrogens with one attached hydrogen (secondary N) is 1. The lowest BCUT2D eigenvalue weighted by Gasteiger charge is -2.09. The van der Waals surface area contributed by atoms with Crippen LogP contribution in [0.1, 0.15) is 39.2 Å². The number of nitrogens with zero attached hydrogens (tertiary/aromatic N) is 1. The summed E-state index contributed by atoms with van der Waals surface area (Å²) in [6, 6.07) is 10.3. The molecule has 0 atom stereocenters. The number of aryl methyl sites for hydroxylation is 1. The van der Waals surface area contributed by atoms with Crippen molar-refractivity contribution in [3.8, 4) is 6.07 Å². The average molecular weight is 408 g/mol. The minimum Gasteiger partial charge on any atom is -0.452 e. The zero-order valence-electron chi connectivity index (χ0n) is 15.3. The van der Waals surface area contributed by atoms with Crippen LogP contribution < -0.4 is 10.9 Å². The summed E-state index contributed by atoms with van der Waals surface area (Å²) in [4.78, 5) is 37.6. The number of fused-ring (bicyclic) bond motifs is 2. The molecule has 0 saturated heterocycles. The Morgan fingerprint density at radius 3 is 2.86 bits per heavy atom. The first-order valence-electron chi connectivity index (χ1n) is 9.11. The van der Waals surface area contributed by atoms with Crippen molar-refractivity contribution in [2.45, 2.75) is 25.7 Å². The Bertz CT molecular complexity index is 1220. The molecule has 1 amide bonds. The number of hydrogen-bond donors (Lipinski definition) is 1. The van der Waals surface area contributed by atoms with E-state index in [0.29, 0.717) is 21.5 Å². The van der Waals surface area contributed by atoms with Crippen LogP contribution in [0.5, 0.6) is 0 Å². The molecule has 7 nitrogen and oxygen atoms in total. The summed E-state index contributed by atoms with van der Waals surface area (Å²) in [6.45, 7) is -0.571. The van der Waals surface area contributed by atoms with Gasteiger partial charge in [-0.1, -0.05) is 18.2 Å². The van der Waals surface area contributed by atoms with Gasteiger partial charge in [-0.3, -0.25) is 4.79 Å².